The van der Waals surface area contributed by atoms with Gasteiger partial charge in [0.2, 0.25) is 0 Å². The minimum Gasteiger partial charge on any atom is -0.370 e. The summed E-state index contributed by atoms with van der Waals surface area (Å²) in [6.07, 6.45) is 3.29. The highest BCUT2D eigenvalue weighted by Crippen LogP contribution is 1.67. The highest BCUT2D eigenvalue weighted by molar-refractivity contribution is 5.76. The number of nitrogens with zero attached hydrogens (tertiary/aromatic N) is 1. The fourth-order valence-electron chi connectivity index (χ4n) is 0.161. The second kappa shape index (κ2) is 3.21. The van der Waals surface area contributed by atoms with Gasteiger partial charge < -0.3 is 11.5 Å². The molecule has 3 nitrogen and oxygen atoms in total. The Labute approximate surface area is 42.7 Å². The van der Waals surface area contributed by atoms with Gasteiger partial charge in [0.25, 0.3) is 0 Å². The van der Waals surface area contributed by atoms with Gasteiger partial charge in [-0.2, -0.15) is 0 Å². The molecule has 0 aromatic heterocycles. The first kappa shape index (κ1) is 6.01. The second-order valence-corrected chi connectivity index (χ2v) is 1.04. The molecule has 0 atom stereocenters. The monoisotopic (exact) mass is 99.1 g/mol. The molecule has 0 unspecified atom stereocenters. The lowest BCUT2D eigenvalue weighted by atomic mass is 10.7. The molecule has 4 N–H and O–H groups in total. The van der Waals surface area contributed by atoms with Crippen molar-refractivity contribution < 1.29 is 0 Å². The Morgan fingerprint density at radius 2 is 2.14 bits per heavy atom. The fraction of sp³-hybridized carbons (Fsp3) is 0.250. The Bertz CT molecular complexity index is 89.1. The molecule has 0 fully saturated rings. The first-order valence-corrected chi connectivity index (χ1v) is 1.97. The smallest absolute Gasteiger partial charge is 0.190 e. The summed E-state index contributed by atoms with van der Waals surface area (Å²) in [5.41, 5.74) is 9.91. The van der Waals surface area contributed by atoms with Crippen LogP contribution in [0.15, 0.2) is 17.3 Å². The summed E-state index contributed by atoms with van der Waals surface area (Å²) in [7, 11) is 0. The SMILES string of the molecule is C/C=C/N=C(N)N. The first-order chi connectivity index (χ1) is 3.27. The number of rotatable bonds is 1. The number of aliphatic imine (C=N–C) groups is 1. The molecule has 0 aliphatic heterocycles. The van der Waals surface area contributed by atoms with E-state index in [4.69, 9.17) is 11.5 Å². The first-order valence-electron chi connectivity index (χ1n) is 1.97. The molecule has 0 aromatic rings. The minimum atomic E-state index is 0.0955. The van der Waals surface area contributed by atoms with Crippen LogP contribution in [0.3, 0.4) is 0 Å². The van der Waals surface area contributed by atoms with Crippen molar-refractivity contribution in [2.24, 2.45) is 16.5 Å². The Kier molecular flexibility index (Phi) is 2.76. The standard InChI is InChI=1S/C4H9N3/c1-2-3-7-4(5)6/h2-3H,1H3,(H4,5,6,7)/b3-2+. The second-order valence-electron chi connectivity index (χ2n) is 1.04. The minimum absolute atomic E-state index is 0.0955. The van der Waals surface area contributed by atoms with Gasteiger partial charge in [0, 0.05) is 6.20 Å². The zero-order chi connectivity index (χ0) is 5.70. The summed E-state index contributed by atoms with van der Waals surface area (Å²) in [6, 6.07) is 0. The van der Waals surface area contributed by atoms with Crippen LogP contribution in [-0.4, -0.2) is 5.96 Å². The lowest BCUT2D eigenvalue weighted by Gasteiger charge is -1.80. The van der Waals surface area contributed by atoms with E-state index in [-0.39, 0.29) is 5.96 Å². The van der Waals surface area contributed by atoms with Crippen LogP contribution in [0.5, 0.6) is 0 Å². The molecule has 0 spiro atoms. The average molecular weight is 99.1 g/mol. The highest BCUT2D eigenvalue weighted by atomic mass is 15.0. The number of hydrogen-bond acceptors (Lipinski definition) is 1. The molecule has 0 radical (unpaired) electrons. The molecule has 7 heavy (non-hydrogen) atoms. The van der Waals surface area contributed by atoms with E-state index < -0.39 is 0 Å². The van der Waals surface area contributed by atoms with Crippen molar-refractivity contribution in [2.45, 2.75) is 6.92 Å². The number of hydrogen-bond donors (Lipinski definition) is 2. The average Bonchev–Trinajstić information content (AvgIpc) is 1.61. The van der Waals surface area contributed by atoms with Crippen molar-refractivity contribution in [3.05, 3.63) is 12.3 Å². The van der Waals surface area contributed by atoms with Crippen LogP contribution >= 0.6 is 0 Å². The molecular weight excluding hydrogens is 90.1 g/mol. The van der Waals surface area contributed by atoms with Crippen LogP contribution in [-0.2, 0) is 0 Å². The molecule has 0 bridgehead atoms. The van der Waals surface area contributed by atoms with Crippen molar-refractivity contribution in [3.63, 3.8) is 0 Å². The number of guanidine groups is 1. The molecule has 40 valence electrons. The van der Waals surface area contributed by atoms with E-state index in [0.29, 0.717) is 0 Å². The predicted molar refractivity (Wildman–Crippen MR) is 30.6 cm³/mol. The summed E-state index contributed by atoms with van der Waals surface area (Å²) < 4.78 is 0. The van der Waals surface area contributed by atoms with Crippen molar-refractivity contribution in [2.75, 3.05) is 0 Å². The van der Waals surface area contributed by atoms with E-state index in [0.717, 1.165) is 0 Å². The van der Waals surface area contributed by atoms with Gasteiger partial charge in [-0.05, 0) is 6.92 Å². The fourth-order valence-corrected chi connectivity index (χ4v) is 0.161. The van der Waals surface area contributed by atoms with E-state index in [9.17, 15) is 0 Å². The molecule has 0 aromatic carbocycles. The largest absolute Gasteiger partial charge is 0.370 e. The van der Waals surface area contributed by atoms with Crippen molar-refractivity contribution in [1.82, 2.24) is 0 Å². The Morgan fingerprint density at radius 1 is 1.57 bits per heavy atom. The molecule has 0 rings (SSSR count). The molecule has 0 saturated carbocycles. The Balaban J connectivity index is 3.46. The Hall–Kier alpha value is -0.990. The normalized spacial score (nSPS) is 9.29. The summed E-state index contributed by atoms with van der Waals surface area (Å²) in [5, 5.41) is 0. The molecule has 0 saturated heterocycles. The summed E-state index contributed by atoms with van der Waals surface area (Å²) in [6.45, 7) is 1.84. The maximum absolute atomic E-state index is 4.96. The summed E-state index contributed by atoms with van der Waals surface area (Å²) >= 11 is 0. The van der Waals surface area contributed by atoms with Crippen LogP contribution in [0.2, 0.25) is 0 Å². The molecular formula is C4H9N3. The zero-order valence-electron chi connectivity index (χ0n) is 4.26. The van der Waals surface area contributed by atoms with Crippen molar-refractivity contribution >= 4 is 5.96 Å². The zero-order valence-corrected chi connectivity index (χ0v) is 4.26. The predicted octanol–water partition coefficient (Wildman–Crippen LogP) is -0.207. The molecule has 3 heteroatoms. The van der Waals surface area contributed by atoms with Crippen LogP contribution in [0, 0.1) is 0 Å². The maximum atomic E-state index is 4.96. The molecule has 0 aliphatic rings. The van der Waals surface area contributed by atoms with Crippen LogP contribution < -0.4 is 11.5 Å². The third-order valence-electron chi connectivity index (χ3n) is 0.373. The van der Waals surface area contributed by atoms with E-state index in [1.54, 1.807) is 6.08 Å². The van der Waals surface area contributed by atoms with E-state index >= 15 is 0 Å². The molecule has 0 amide bonds. The van der Waals surface area contributed by atoms with Gasteiger partial charge in [-0.25, -0.2) is 4.99 Å². The van der Waals surface area contributed by atoms with Gasteiger partial charge in [-0.15, -0.1) is 0 Å². The van der Waals surface area contributed by atoms with Crippen LogP contribution in [0.4, 0.5) is 0 Å². The quantitative estimate of drug-likeness (QED) is 0.353. The van der Waals surface area contributed by atoms with E-state index in [1.807, 2.05) is 6.92 Å². The van der Waals surface area contributed by atoms with E-state index in [1.165, 1.54) is 6.20 Å². The van der Waals surface area contributed by atoms with Gasteiger partial charge in [-0.3, -0.25) is 0 Å². The van der Waals surface area contributed by atoms with Gasteiger partial charge in [0.1, 0.15) is 0 Å². The lowest BCUT2D eigenvalue weighted by molar-refractivity contribution is 1.42. The number of nitrogens with two attached hydrogens (primary N) is 2. The third-order valence-corrected chi connectivity index (χ3v) is 0.373. The highest BCUT2D eigenvalue weighted by Gasteiger charge is 1.66. The third kappa shape index (κ3) is 5.01. The van der Waals surface area contributed by atoms with Crippen molar-refractivity contribution in [3.8, 4) is 0 Å². The molecule has 0 aliphatic carbocycles. The Morgan fingerprint density at radius 3 is 2.29 bits per heavy atom. The van der Waals surface area contributed by atoms with Crippen molar-refractivity contribution in [1.29, 1.82) is 0 Å². The van der Waals surface area contributed by atoms with Gasteiger partial charge in [0.15, 0.2) is 5.96 Å². The topological polar surface area (TPSA) is 64.4 Å². The van der Waals surface area contributed by atoms with Gasteiger partial charge in [0.05, 0.1) is 0 Å². The van der Waals surface area contributed by atoms with Crippen LogP contribution in [0.25, 0.3) is 0 Å². The van der Waals surface area contributed by atoms with E-state index in [2.05, 4.69) is 4.99 Å². The molecule has 0 heterocycles. The lowest BCUT2D eigenvalue weighted by Crippen LogP contribution is -2.21. The van der Waals surface area contributed by atoms with Gasteiger partial charge >= 0.3 is 0 Å². The maximum Gasteiger partial charge on any atom is 0.190 e. The van der Waals surface area contributed by atoms with Crippen LogP contribution in [0.1, 0.15) is 6.92 Å². The summed E-state index contributed by atoms with van der Waals surface area (Å²) in [5.74, 6) is 0.0955. The number of allylic oxidation sites excluding steroid dienone is 1. The summed E-state index contributed by atoms with van der Waals surface area (Å²) in [4.78, 5) is 3.53. The van der Waals surface area contributed by atoms with Gasteiger partial charge in [-0.1, -0.05) is 6.08 Å².